The molecule has 0 saturated heterocycles. The van der Waals surface area contributed by atoms with Crippen LogP contribution in [0.5, 0.6) is 5.75 Å². The first-order valence-electron chi connectivity index (χ1n) is 7.90. The molecule has 1 aromatic rings. The number of hydrogen-bond donors (Lipinski definition) is 3. The van der Waals surface area contributed by atoms with Crippen molar-refractivity contribution < 1.29 is 14.3 Å². The topological polar surface area (TPSA) is 77.0 Å². The van der Waals surface area contributed by atoms with Crippen molar-refractivity contribution in [2.45, 2.75) is 39.8 Å². The fourth-order valence-electron chi connectivity index (χ4n) is 2.03. The number of nitrogens with zero attached hydrogens (tertiary/aromatic N) is 2. The maximum Gasteiger partial charge on any atom is 0.240 e. The number of phenols is 1. The molecule has 3 N–H and O–H groups in total. The number of halogens is 1. The molecule has 0 unspecified atom stereocenters. The largest absolute Gasteiger partial charge is 0.505 e. The van der Waals surface area contributed by atoms with Crippen LogP contribution in [0.1, 0.15) is 33.3 Å². The fraction of sp³-hybridized carbons (Fsp3) is 0.529. The van der Waals surface area contributed by atoms with Gasteiger partial charge in [0.1, 0.15) is 0 Å². The molecular weight excluding hydrogens is 311 g/mol. The first-order valence-corrected chi connectivity index (χ1v) is 7.90. The van der Waals surface area contributed by atoms with Gasteiger partial charge in [-0.2, -0.15) is 0 Å². The summed E-state index contributed by atoms with van der Waals surface area (Å²) in [5.41, 5.74) is 0.338. The molecule has 0 bridgehead atoms. The van der Waals surface area contributed by atoms with Gasteiger partial charge in [-0.1, -0.05) is 6.07 Å². The summed E-state index contributed by atoms with van der Waals surface area (Å²) < 4.78 is 13.4. The fourth-order valence-corrected chi connectivity index (χ4v) is 2.03. The minimum atomic E-state index is -0.675. The van der Waals surface area contributed by atoms with E-state index in [1.807, 2.05) is 27.7 Å². The summed E-state index contributed by atoms with van der Waals surface area (Å²) >= 11 is 0. The van der Waals surface area contributed by atoms with Gasteiger partial charge in [-0.3, -0.25) is 4.79 Å². The number of amides is 1. The number of carbonyl (C=O) groups is 1. The standard InChI is InChI=1S/C17H27FN4O2/c1-6-19-16(22(5)11-15(24)21-17(2,3)4)20-10-12-7-8-14(23)13(18)9-12/h7-9,23H,6,10-11H2,1-5H3,(H,19,20)(H,21,24). The Hall–Kier alpha value is -2.31. The van der Waals surface area contributed by atoms with Crippen LogP contribution in [0, 0.1) is 5.82 Å². The second-order valence-corrected chi connectivity index (χ2v) is 6.61. The van der Waals surface area contributed by atoms with Crippen molar-refractivity contribution in [2.24, 2.45) is 4.99 Å². The highest BCUT2D eigenvalue weighted by molar-refractivity contribution is 5.86. The molecular formula is C17H27FN4O2. The number of phenolic OH excluding ortho intramolecular Hbond substituents is 1. The number of hydrogen-bond acceptors (Lipinski definition) is 3. The Morgan fingerprint density at radius 2 is 2.04 bits per heavy atom. The number of aromatic hydroxyl groups is 1. The number of nitrogens with one attached hydrogen (secondary N) is 2. The van der Waals surface area contributed by atoms with Gasteiger partial charge in [0.05, 0.1) is 13.1 Å². The van der Waals surface area contributed by atoms with Crippen LogP contribution in [0.4, 0.5) is 4.39 Å². The molecule has 0 aliphatic carbocycles. The van der Waals surface area contributed by atoms with E-state index in [4.69, 9.17) is 0 Å². The monoisotopic (exact) mass is 338 g/mol. The van der Waals surface area contributed by atoms with E-state index in [1.165, 1.54) is 12.1 Å². The molecule has 0 radical (unpaired) electrons. The third kappa shape index (κ3) is 6.85. The first kappa shape index (κ1) is 19.7. The first-order chi connectivity index (χ1) is 11.1. The van der Waals surface area contributed by atoms with Gasteiger partial charge in [-0.05, 0) is 45.4 Å². The van der Waals surface area contributed by atoms with Crippen LogP contribution in [0.2, 0.25) is 0 Å². The maximum absolute atomic E-state index is 13.4. The van der Waals surface area contributed by atoms with Crippen molar-refractivity contribution in [3.05, 3.63) is 29.6 Å². The molecule has 134 valence electrons. The van der Waals surface area contributed by atoms with E-state index in [9.17, 15) is 14.3 Å². The van der Waals surface area contributed by atoms with E-state index in [2.05, 4.69) is 15.6 Å². The second kappa shape index (κ2) is 8.52. The van der Waals surface area contributed by atoms with Crippen LogP contribution in [-0.2, 0) is 11.3 Å². The molecule has 7 heteroatoms. The van der Waals surface area contributed by atoms with E-state index < -0.39 is 5.82 Å². The Bertz CT molecular complexity index is 597. The molecule has 0 aliphatic rings. The molecule has 6 nitrogen and oxygen atoms in total. The minimum Gasteiger partial charge on any atom is -0.505 e. The average molecular weight is 338 g/mol. The van der Waals surface area contributed by atoms with Crippen LogP contribution >= 0.6 is 0 Å². The zero-order valence-corrected chi connectivity index (χ0v) is 15.0. The number of likely N-dealkylation sites (N-methyl/N-ethyl adjacent to an activating group) is 1. The Morgan fingerprint density at radius 1 is 1.38 bits per heavy atom. The zero-order chi connectivity index (χ0) is 18.3. The number of guanidine groups is 1. The lowest BCUT2D eigenvalue weighted by molar-refractivity contribution is -0.122. The molecule has 1 rings (SSSR count). The summed E-state index contributed by atoms with van der Waals surface area (Å²) in [4.78, 5) is 18.1. The summed E-state index contributed by atoms with van der Waals surface area (Å²) in [6.45, 7) is 8.74. The molecule has 1 aromatic carbocycles. The van der Waals surface area contributed by atoms with Crippen LogP contribution < -0.4 is 10.6 Å². The molecule has 1 amide bonds. The van der Waals surface area contributed by atoms with Gasteiger partial charge in [0.2, 0.25) is 5.91 Å². The van der Waals surface area contributed by atoms with Gasteiger partial charge in [0.15, 0.2) is 17.5 Å². The lowest BCUT2D eigenvalue weighted by Gasteiger charge is -2.25. The third-order valence-electron chi connectivity index (χ3n) is 3.02. The molecule has 0 aromatic heterocycles. The summed E-state index contributed by atoms with van der Waals surface area (Å²) in [6.07, 6.45) is 0. The second-order valence-electron chi connectivity index (χ2n) is 6.61. The molecule has 24 heavy (non-hydrogen) atoms. The molecule has 0 heterocycles. The van der Waals surface area contributed by atoms with Crippen molar-refractivity contribution in [2.75, 3.05) is 20.1 Å². The zero-order valence-electron chi connectivity index (χ0n) is 15.0. The van der Waals surface area contributed by atoms with Crippen molar-refractivity contribution >= 4 is 11.9 Å². The predicted octanol–water partition coefficient (Wildman–Crippen LogP) is 1.84. The normalized spacial score (nSPS) is 12.0. The molecule has 0 fully saturated rings. The summed E-state index contributed by atoms with van der Waals surface area (Å²) in [5.74, 6) is -0.613. The summed E-state index contributed by atoms with van der Waals surface area (Å²) in [6, 6.07) is 4.15. The molecule has 0 atom stereocenters. The van der Waals surface area contributed by atoms with E-state index >= 15 is 0 Å². The highest BCUT2D eigenvalue weighted by atomic mass is 19.1. The lowest BCUT2D eigenvalue weighted by Crippen LogP contribution is -2.48. The number of benzene rings is 1. The average Bonchev–Trinajstić information content (AvgIpc) is 2.44. The van der Waals surface area contributed by atoms with E-state index in [1.54, 1.807) is 18.0 Å². The van der Waals surface area contributed by atoms with Gasteiger partial charge in [0, 0.05) is 19.1 Å². The van der Waals surface area contributed by atoms with Gasteiger partial charge < -0.3 is 20.6 Å². The number of aliphatic imine (C=N–C) groups is 1. The summed E-state index contributed by atoms with van der Waals surface area (Å²) in [5, 5.41) is 15.2. The smallest absolute Gasteiger partial charge is 0.240 e. The van der Waals surface area contributed by atoms with Crippen molar-refractivity contribution in [1.82, 2.24) is 15.5 Å². The quantitative estimate of drug-likeness (QED) is 0.566. The highest BCUT2D eigenvalue weighted by Gasteiger charge is 2.16. The van der Waals surface area contributed by atoms with Crippen LogP contribution in [0.25, 0.3) is 0 Å². The molecule has 0 spiro atoms. The maximum atomic E-state index is 13.4. The van der Waals surface area contributed by atoms with E-state index in [0.717, 1.165) is 0 Å². The van der Waals surface area contributed by atoms with Gasteiger partial charge >= 0.3 is 0 Å². The summed E-state index contributed by atoms with van der Waals surface area (Å²) in [7, 11) is 1.77. The number of carbonyl (C=O) groups excluding carboxylic acids is 1. The third-order valence-corrected chi connectivity index (χ3v) is 3.02. The Balaban J connectivity index is 2.76. The Kier molecular flexibility index (Phi) is 7.00. The van der Waals surface area contributed by atoms with Crippen molar-refractivity contribution in [3.8, 4) is 5.75 Å². The number of rotatable bonds is 5. The van der Waals surface area contributed by atoms with Crippen LogP contribution in [0.15, 0.2) is 23.2 Å². The van der Waals surface area contributed by atoms with E-state index in [0.29, 0.717) is 18.1 Å². The van der Waals surface area contributed by atoms with Gasteiger partial charge in [-0.25, -0.2) is 9.38 Å². The van der Waals surface area contributed by atoms with Crippen molar-refractivity contribution in [3.63, 3.8) is 0 Å². The Morgan fingerprint density at radius 3 is 2.58 bits per heavy atom. The minimum absolute atomic E-state index is 0.105. The Labute approximate surface area is 142 Å². The predicted molar refractivity (Wildman–Crippen MR) is 93.4 cm³/mol. The highest BCUT2D eigenvalue weighted by Crippen LogP contribution is 2.16. The van der Waals surface area contributed by atoms with Crippen molar-refractivity contribution in [1.29, 1.82) is 0 Å². The van der Waals surface area contributed by atoms with Crippen LogP contribution in [-0.4, -0.2) is 47.5 Å². The van der Waals surface area contributed by atoms with Crippen LogP contribution in [0.3, 0.4) is 0 Å². The van der Waals surface area contributed by atoms with E-state index in [-0.39, 0.29) is 30.3 Å². The SMILES string of the molecule is CCNC(=NCc1ccc(O)c(F)c1)N(C)CC(=O)NC(C)(C)C. The molecule has 0 saturated carbocycles. The van der Waals surface area contributed by atoms with Gasteiger partial charge in [0.25, 0.3) is 0 Å². The van der Waals surface area contributed by atoms with Gasteiger partial charge in [-0.15, -0.1) is 0 Å². The lowest BCUT2D eigenvalue weighted by atomic mass is 10.1. The molecule has 0 aliphatic heterocycles.